The lowest BCUT2D eigenvalue weighted by atomic mass is 9.83. The molecule has 5 aliphatic rings. The molecule has 14 N–H and O–H groups in total. The van der Waals surface area contributed by atoms with Crippen LogP contribution < -0.4 is 58.3 Å². The summed E-state index contributed by atoms with van der Waals surface area (Å²) < 4.78 is 29.7. The molecule has 0 aromatic heterocycles. The second-order valence-electron chi connectivity index (χ2n) is 30.7. The summed E-state index contributed by atoms with van der Waals surface area (Å²) in [4.78, 5) is 162. The number of hydrogen-bond donors (Lipinski definition) is 12. The lowest BCUT2D eigenvalue weighted by molar-refractivity contribution is -0.162. The molecule has 0 saturated carbocycles. The number of nitrogens with two attached hydrogens (primary N) is 2. The van der Waals surface area contributed by atoms with Crippen molar-refractivity contribution >= 4 is 131 Å². The molecule has 119 heavy (non-hydrogen) atoms. The number of unbranched alkanes of at least 4 members (excludes halogenated alkanes) is 1. The fraction of sp³-hybridized carbons (Fsp3) is 0.512. The number of rotatable bonds is 26. The fourth-order valence-corrected chi connectivity index (χ4v) is 19.2. The Kier molecular flexibility index (Phi) is 35.0. The average Bonchev–Trinajstić information content (AvgIpc) is 1.57. The topological polar surface area (TPSA) is 441 Å². The maximum atomic E-state index is 15.1. The van der Waals surface area contributed by atoms with Gasteiger partial charge in [0.25, 0.3) is 0 Å². The third-order valence-corrected chi connectivity index (χ3v) is 27.1. The monoisotopic (exact) mass is 1740 g/mol. The number of benzene rings is 4. The van der Waals surface area contributed by atoms with Crippen LogP contribution in [0.4, 0.5) is 10.5 Å². The number of allylic oxidation sites excluding steroid dienone is 4. The first-order valence-corrected chi connectivity index (χ1v) is 45.0. The zero-order chi connectivity index (χ0) is 86.4. The molecule has 4 heterocycles. The van der Waals surface area contributed by atoms with Crippen molar-refractivity contribution in [1.29, 1.82) is 0 Å². The second kappa shape index (κ2) is 44.2. The molecule has 0 unspecified atom stereocenters. The minimum Gasteiger partial charge on any atom is -0.508 e. The van der Waals surface area contributed by atoms with Gasteiger partial charge in [-0.15, -0.1) is 0 Å². The summed E-state index contributed by atoms with van der Waals surface area (Å²) in [6.45, 7) is 8.31. The zero-order valence-corrected chi connectivity index (χ0v) is 72.2. The summed E-state index contributed by atoms with van der Waals surface area (Å²) in [6.07, 6.45) is 1.12. The molecule has 16 atom stereocenters. The minimum absolute atomic E-state index is 0.00591. The molecule has 1 aliphatic carbocycles. The van der Waals surface area contributed by atoms with E-state index in [2.05, 4.69) is 37.2 Å². The summed E-state index contributed by atoms with van der Waals surface area (Å²) in [7, 11) is 10.6. The first kappa shape index (κ1) is 94.2. The number of methoxy groups -OCH3 is 2. The van der Waals surface area contributed by atoms with Gasteiger partial charge in [0.15, 0.2) is 11.5 Å². The molecular weight excluding hydrogens is 1630 g/mol. The van der Waals surface area contributed by atoms with Crippen LogP contribution in [0.15, 0.2) is 121 Å². The van der Waals surface area contributed by atoms with E-state index in [0.29, 0.717) is 42.7 Å². The Hall–Kier alpha value is -8.68. The summed E-state index contributed by atoms with van der Waals surface area (Å²) in [5.41, 5.74) is 14.9. The highest BCUT2D eigenvalue weighted by Crippen LogP contribution is 2.50. The highest BCUT2D eigenvalue weighted by Gasteiger charge is 2.65. The number of aromatic hydroxyl groups is 1. The standard InChI is InChI=1S/C84H110ClN11O19S4/c1-47-18-17-24-68(112-9)84(110)44-67(113-82(109)94-84)48(2)74-83(5,115-74)69(43-71(101)96(7)64-39-53(36-47)40-66(111-8)72(64)85)114-81(108)49(3)95(6)70(100)31-34-116-117-35-33-88-77(104)63-46-119-118-45-62(91-76(103)59(87)38-51-19-11-10-12-20-51)65(99)42-56(37-52-25-29-57(98)30-26-52)75(102)90-61(41-55-28-27-54-21-13-14-22-58(54)55)79(106)89-60(23-15-16-32-86)78(105)93-73(50(4)97)80(107)92-63/h10-14,17-22,24-26,28-30,39-40,48-50,56,59-63,67-69,73-74,97-98,110H,15-16,23,27,31-38,41-46,86-87H2,1-9H3,(H,88,104)(H,89,106)(H,90,102)(H,91,103)(H,92,107)(H,93,105)(H,94,109)/b24-17+,47-18+/t48-,49+,50-,56-,59-,60+,61-,62+,63+,67+,68-,69+,73+,74+,83+,84+/m1/s1. The number of carbonyl (C=O) groups excluding carboxylic acids is 11. The van der Waals surface area contributed by atoms with Crippen molar-refractivity contribution in [3.63, 3.8) is 0 Å². The first-order chi connectivity index (χ1) is 56.7. The number of esters is 1. The van der Waals surface area contributed by atoms with Crippen LogP contribution in [0.3, 0.4) is 0 Å². The van der Waals surface area contributed by atoms with Crippen LogP contribution in [0.1, 0.15) is 114 Å². The van der Waals surface area contributed by atoms with Gasteiger partial charge in [0.2, 0.25) is 47.3 Å². The molecule has 3 saturated heterocycles. The molecule has 646 valence electrons. The van der Waals surface area contributed by atoms with Crippen LogP contribution in [-0.4, -0.2) is 234 Å². The van der Waals surface area contributed by atoms with Crippen LogP contribution in [0, 0.1) is 11.8 Å². The molecule has 30 nitrogen and oxygen atoms in total. The molecule has 4 aliphatic heterocycles. The first-order valence-electron chi connectivity index (χ1n) is 39.6. The number of Topliss-reactive ketones (excluding diaryl/α,β-unsaturated/α-hetero) is 1. The second-order valence-corrected chi connectivity index (χ2v) is 36.4. The predicted octanol–water partition coefficient (Wildman–Crippen LogP) is 5.85. The number of nitrogens with one attached hydrogen (secondary N) is 7. The Morgan fingerprint density at radius 2 is 1.55 bits per heavy atom. The van der Waals surface area contributed by atoms with Gasteiger partial charge in [-0.3, -0.25) is 48.5 Å². The lowest BCUT2D eigenvalue weighted by Gasteiger charge is -2.42. The maximum absolute atomic E-state index is 15.1. The van der Waals surface area contributed by atoms with E-state index in [0.717, 1.165) is 55.0 Å². The van der Waals surface area contributed by atoms with E-state index in [1.54, 1.807) is 74.5 Å². The van der Waals surface area contributed by atoms with Gasteiger partial charge in [-0.05, 0) is 137 Å². The van der Waals surface area contributed by atoms with Crippen molar-refractivity contribution in [1.82, 2.24) is 42.1 Å². The Balaban J connectivity index is 0.880. The average molecular weight is 1740 g/mol. The number of halogens is 1. The molecule has 0 radical (unpaired) electrons. The van der Waals surface area contributed by atoms with Gasteiger partial charge >= 0.3 is 12.1 Å². The van der Waals surface area contributed by atoms with Gasteiger partial charge in [0, 0.05) is 88.3 Å². The number of nitrogens with zero attached hydrogens (tertiary/aromatic N) is 2. The summed E-state index contributed by atoms with van der Waals surface area (Å²) >= 11 is 6.89. The number of epoxide rings is 1. The van der Waals surface area contributed by atoms with Crippen molar-refractivity contribution in [3.8, 4) is 11.5 Å². The number of phenols is 1. The van der Waals surface area contributed by atoms with Crippen LogP contribution in [0.25, 0.3) is 5.57 Å². The molecule has 9 rings (SSSR count). The number of amides is 9. The highest BCUT2D eigenvalue weighted by molar-refractivity contribution is 8.77. The summed E-state index contributed by atoms with van der Waals surface area (Å²) in [6, 6.07) is 16.8. The van der Waals surface area contributed by atoms with E-state index in [1.807, 2.05) is 49.4 Å². The van der Waals surface area contributed by atoms with Gasteiger partial charge in [0.1, 0.15) is 70.6 Å². The smallest absolute Gasteiger partial charge is 0.409 e. The number of aliphatic hydroxyl groups excluding tert-OH is 1. The van der Waals surface area contributed by atoms with Crippen LogP contribution >= 0.6 is 54.8 Å². The zero-order valence-electron chi connectivity index (χ0n) is 68.2. The van der Waals surface area contributed by atoms with E-state index < -0.39 is 174 Å². The van der Waals surface area contributed by atoms with Crippen LogP contribution in [-0.2, 0) is 92.6 Å². The number of fused-ring (bicyclic) bond motifs is 6. The van der Waals surface area contributed by atoms with Gasteiger partial charge in [-0.2, -0.15) is 0 Å². The predicted molar refractivity (Wildman–Crippen MR) is 458 cm³/mol. The minimum atomic E-state index is -1.93. The Labute approximate surface area is 714 Å². The number of anilines is 1. The fourth-order valence-electron chi connectivity index (χ4n) is 14.6. The molecule has 9 amide bonds. The Morgan fingerprint density at radius 1 is 0.857 bits per heavy atom. The molecule has 35 heteroatoms. The molecular formula is C84H110ClN11O19S4. The van der Waals surface area contributed by atoms with Gasteiger partial charge in [-0.25, -0.2) is 9.59 Å². The SMILES string of the molecule is COc1cc2cc(c1Cl)N(C)C(=O)C[C@H](OC(=O)[C@H](C)N(C)C(=O)CCSSCCNC(=O)[C@@H]1CSSC[C@H](NC(=O)[C@H](N)Cc3ccccc3)C(=O)C[C@@H](Cc3ccc(O)cc3)C(=O)N[C@H](CC3=CCc4ccccc43)C(=O)N[C@@H](CCCCN)C(=O)N[C@@H]([C@@H](C)O)C(=O)N1)[C@]1(C)O[C@H]1[C@H](C)[C@@H]1C[C@@](O)(NC(=O)O1)[C@H](OC)/C=C/C=C(\C)C2. The van der Waals surface area contributed by atoms with E-state index in [4.69, 9.17) is 46.8 Å². The van der Waals surface area contributed by atoms with E-state index in [9.17, 15) is 53.7 Å². The third-order valence-electron chi connectivity index (χ3n) is 21.9. The molecule has 4 bridgehead atoms. The number of phenolic OH excluding ortho intramolecular Hbond substituents is 1. The Morgan fingerprint density at radius 3 is 2.27 bits per heavy atom. The number of likely N-dealkylation sites (N-methyl/N-ethyl adjacent to an activating group) is 1. The Bertz CT molecular complexity index is 4380. The van der Waals surface area contributed by atoms with Crippen molar-refractivity contribution in [2.75, 3.05) is 69.3 Å². The molecule has 4 aromatic rings. The largest absolute Gasteiger partial charge is 0.508 e. The maximum Gasteiger partial charge on any atom is 0.409 e. The number of ketones is 1. The normalized spacial score (nSPS) is 27.0. The number of alkyl carbamates (subject to hydrolysis) is 1. The summed E-state index contributed by atoms with van der Waals surface area (Å²) in [5, 5.41) is 52.9. The van der Waals surface area contributed by atoms with Crippen molar-refractivity contribution < 1.29 is 91.7 Å². The number of aliphatic hydroxyl groups is 2. The number of carbonyl (C=O) groups is 11. The van der Waals surface area contributed by atoms with E-state index in [1.165, 1.54) is 85.7 Å². The van der Waals surface area contributed by atoms with Crippen molar-refractivity contribution in [2.45, 2.75) is 196 Å². The number of hydrogen-bond acceptors (Lipinski definition) is 25. The third kappa shape index (κ3) is 25.9. The highest BCUT2D eigenvalue weighted by atomic mass is 35.5. The van der Waals surface area contributed by atoms with Crippen molar-refractivity contribution in [3.05, 3.63) is 154 Å². The van der Waals surface area contributed by atoms with Gasteiger partial charge in [0.05, 0.1) is 43.5 Å². The number of ether oxygens (including phenoxy) is 5. The van der Waals surface area contributed by atoms with E-state index in [-0.39, 0.29) is 85.4 Å². The molecule has 3 fully saturated rings. The van der Waals surface area contributed by atoms with Crippen LogP contribution in [0.2, 0.25) is 5.02 Å². The van der Waals surface area contributed by atoms with Crippen molar-refractivity contribution in [2.24, 2.45) is 23.3 Å². The van der Waals surface area contributed by atoms with E-state index >= 15 is 14.4 Å². The quantitative estimate of drug-likeness (QED) is 0.0152. The van der Waals surface area contributed by atoms with Gasteiger partial charge < -0.3 is 92.2 Å². The molecule has 0 spiro atoms. The van der Waals surface area contributed by atoms with Crippen LogP contribution in [0.5, 0.6) is 11.5 Å². The molecule has 4 aromatic carbocycles. The van der Waals surface area contributed by atoms with Gasteiger partial charge in [-0.1, -0.05) is 158 Å². The summed E-state index contributed by atoms with van der Waals surface area (Å²) in [5.74, 6) is -8.48. The lowest BCUT2D eigenvalue weighted by Crippen LogP contribution is -2.63.